The molecule has 0 heterocycles. The molecule has 1 aromatic rings. The van der Waals surface area contributed by atoms with Gasteiger partial charge in [0.25, 0.3) is 0 Å². The average molecular weight is 249 g/mol. The van der Waals surface area contributed by atoms with Gasteiger partial charge >= 0.3 is 0 Å². The summed E-state index contributed by atoms with van der Waals surface area (Å²) in [6, 6.07) is 7.54. The van der Waals surface area contributed by atoms with Gasteiger partial charge in [-0.05, 0) is 38.5 Å². The second-order valence-electron chi connectivity index (χ2n) is 5.19. The Morgan fingerprint density at radius 3 is 2.53 bits per heavy atom. The molecule has 0 bridgehead atoms. The summed E-state index contributed by atoms with van der Waals surface area (Å²) in [7, 11) is 0. The minimum atomic E-state index is 0.714. The van der Waals surface area contributed by atoms with Gasteiger partial charge in [-0.15, -0.1) is 0 Å². The highest BCUT2D eigenvalue weighted by Crippen LogP contribution is 2.28. The number of benzene rings is 1. The van der Waals surface area contributed by atoms with Gasteiger partial charge < -0.3 is 5.32 Å². The monoisotopic (exact) mass is 249 g/mol. The summed E-state index contributed by atoms with van der Waals surface area (Å²) in [6.45, 7) is 5.37. The zero-order valence-electron chi connectivity index (χ0n) is 11.1. The van der Waals surface area contributed by atoms with Crippen molar-refractivity contribution in [2.75, 3.05) is 6.26 Å². The Bertz CT molecular complexity index is 355. The summed E-state index contributed by atoms with van der Waals surface area (Å²) in [6.07, 6.45) is 6.35. The Morgan fingerprint density at radius 2 is 1.88 bits per heavy atom. The lowest BCUT2D eigenvalue weighted by Crippen LogP contribution is -2.33. The molecule has 0 spiro atoms. The topological polar surface area (TPSA) is 12.0 Å². The van der Waals surface area contributed by atoms with Crippen molar-refractivity contribution in [2.45, 2.75) is 50.9 Å². The molecule has 1 aliphatic carbocycles. The molecule has 94 valence electrons. The fourth-order valence-electron chi connectivity index (χ4n) is 2.86. The smallest absolute Gasteiger partial charge is 0.0208 e. The third-order valence-electron chi connectivity index (χ3n) is 3.61. The van der Waals surface area contributed by atoms with Crippen LogP contribution in [0.1, 0.15) is 36.0 Å². The van der Waals surface area contributed by atoms with Crippen LogP contribution in [0.4, 0.5) is 0 Å². The second-order valence-corrected chi connectivity index (χ2v) is 6.27. The molecule has 2 rings (SSSR count). The lowest BCUT2D eigenvalue weighted by molar-refractivity contribution is 0.532. The molecule has 2 unspecified atom stereocenters. The lowest BCUT2D eigenvalue weighted by atomic mass is 10.1. The van der Waals surface area contributed by atoms with Gasteiger partial charge in [-0.1, -0.05) is 35.7 Å². The molecule has 2 atom stereocenters. The van der Waals surface area contributed by atoms with Crippen molar-refractivity contribution < 1.29 is 0 Å². The Labute approximate surface area is 109 Å². The number of aryl methyl sites for hydroxylation is 2. The van der Waals surface area contributed by atoms with Crippen molar-refractivity contribution in [2.24, 2.45) is 0 Å². The molecule has 0 aliphatic heterocycles. The maximum absolute atomic E-state index is 3.73. The van der Waals surface area contributed by atoms with E-state index in [1.54, 1.807) is 0 Å². The van der Waals surface area contributed by atoms with Crippen LogP contribution >= 0.6 is 11.8 Å². The Hall–Kier alpha value is -0.470. The Balaban J connectivity index is 1.93. The molecule has 1 aromatic carbocycles. The summed E-state index contributed by atoms with van der Waals surface area (Å²) >= 11 is 2.02. The van der Waals surface area contributed by atoms with E-state index in [0.717, 1.165) is 11.8 Å². The number of hydrogen-bond donors (Lipinski definition) is 1. The highest BCUT2D eigenvalue weighted by Gasteiger charge is 2.25. The average Bonchev–Trinajstić information content (AvgIpc) is 2.72. The van der Waals surface area contributed by atoms with E-state index in [-0.39, 0.29) is 0 Å². The summed E-state index contributed by atoms with van der Waals surface area (Å²) < 4.78 is 0. The van der Waals surface area contributed by atoms with Crippen molar-refractivity contribution in [1.29, 1.82) is 0 Å². The van der Waals surface area contributed by atoms with Gasteiger partial charge in [-0.2, -0.15) is 11.8 Å². The molecule has 1 fully saturated rings. The highest BCUT2D eigenvalue weighted by molar-refractivity contribution is 7.99. The lowest BCUT2D eigenvalue weighted by Gasteiger charge is -2.19. The largest absolute Gasteiger partial charge is 0.309 e. The standard InChI is InChI=1S/C15H23NS/c1-11-7-12(2)9-13(8-11)10-16-14-5-4-6-15(14)17-3/h7-9,14-16H,4-6,10H2,1-3H3. The highest BCUT2D eigenvalue weighted by atomic mass is 32.2. The fourth-order valence-corrected chi connectivity index (χ4v) is 3.82. The maximum atomic E-state index is 3.73. The predicted molar refractivity (Wildman–Crippen MR) is 77.7 cm³/mol. The molecule has 1 nitrogen and oxygen atoms in total. The van der Waals surface area contributed by atoms with Crippen LogP contribution in [-0.2, 0) is 6.54 Å². The van der Waals surface area contributed by atoms with Crippen LogP contribution in [0.15, 0.2) is 18.2 Å². The number of hydrogen-bond acceptors (Lipinski definition) is 2. The number of thioether (sulfide) groups is 1. The molecule has 0 saturated heterocycles. The van der Waals surface area contributed by atoms with Crippen molar-refractivity contribution in [3.8, 4) is 0 Å². The molecule has 1 aliphatic rings. The van der Waals surface area contributed by atoms with E-state index in [0.29, 0.717) is 6.04 Å². The van der Waals surface area contributed by atoms with E-state index in [2.05, 4.69) is 43.6 Å². The molecule has 1 N–H and O–H groups in total. The van der Waals surface area contributed by atoms with Crippen molar-refractivity contribution in [3.63, 3.8) is 0 Å². The SMILES string of the molecule is CSC1CCCC1NCc1cc(C)cc(C)c1. The van der Waals surface area contributed by atoms with E-state index in [1.165, 1.54) is 36.0 Å². The molecule has 0 radical (unpaired) electrons. The van der Waals surface area contributed by atoms with E-state index in [4.69, 9.17) is 0 Å². The van der Waals surface area contributed by atoms with Gasteiger partial charge in [0, 0.05) is 17.8 Å². The van der Waals surface area contributed by atoms with Crippen LogP contribution in [0.3, 0.4) is 0 Å². The summed E-state index contributed by atoms with van der Waals surface area (Å²) in [4.78, 5) is 0. The first kappa shape index (κ1) is 13.0. The van der Waals surface area contributed by atoms with Crippen LogP contribution in [0.25, 0.3) is 0 Å². The molecule has 1 saturated carbocycles. The van der Waals surface area contributed by atoms with E-state index in [1.807, 2.05) is 11.8 Å². The summed E-state index contributed by atoms with van der Waals surface area (Å²) in [5.41, 5.74) is 4.17. The van der Waals surface area contributed by atoms with Gasteiger partial charge in [-0.25, -0.2) is 0 Å². The predicted octanol–water partition coefficient (Wildman–Crippen LogP) is 3.68. The zero-order chi connectivity index (χ0) is 12.3. The van der Waals surface area contributed by atoms with Crippen LogP contribution in [0, 0.1) is 13.8 Å². The van der Waals surface area contributed by atoms with Crippen LogP contribution in [0.5, 0.6) is 0 Å². The molecular formula is C15H23NS. The van der Waals surface area contributed by atoms with Crippen LogP contribution < -0.4 is 5.32 Å². The zero-order valence-corrected chi connectivity index (χ0v) is 11.9. The van der Waals surface area contributed by atoms with Crippen molar-refractivity contribution in [3.05, 3.63) is 34.9 Å². The fraction of sp³-hybridized carbons (Fsp3) is 0.600. The molecular weight excluding hydrogens is 226 g/mol. The first-order valence-corrected chi connectivity index (χ1v) is 7.81. The number of nitrogens with one attached hydrogen (secondary N) is 1. The van der Waals surface area contributed by atoms with Gasteiger partial charge in [-0.3, -0.25) is 0 Å². The van der Waals surface area contributed by atoms with E-state index < -0.39 is 0 Å². The minimum Gasteiger partial charge on any atom is -0.309 e. The van der Waals surface area contributed by atoms with E-state index in [9.17, 15) is 0 Å². The molecule has 0 aromatic heterocycles. The third-order valence-corrected chi connectivity index (χ3v) is 4.77. The first-order chi connectivity index (χ1) is 8.19. The van der Waals surface area contributed by atoms with Crippen molar-refractivity contribution in [1.82, 2.24) is 5.32 Å². The third kappa shape index (κ3) is 3.49. The van der Waals surface area contributed by atoms with Crippen molar-refractivity contribution >= 4 is 11.8 Å². The summed E-state index contributed by atoms with van der Waals surface area (Å²) in [5, 5.41) is 4.55. The van der Waals surface area contributed by atoms with Crippen LogP contribution in [0.2, 0.25) is 0 Å². The second kappa shape index (κ2) is 5.92. The van der Waals surface area contributed by atoms with Gasteiger partial charge in [0.1, 0.15) is 0 Å². The van der Waals surface area contributed by atoms with Crippen LogP contribution in [-0.4, -0.2) is 17.5 Å². The number of rotatable bonds is 4. The Morgan fingerprint density at radius 1 is 1.18 bits per heavy atom. The molecule has 2 heteroatoms. The van der Waals surface area contributed by atoms with Gasteiger partial charge in [0.05, 0.1) is 0 Å². The molecule has 17 heavy (non-hydrogen) atoms. The maximum Gasteiger partial charge on any atom is 0.0208 e. The first-order valence-electron chi connectivity index (χ1n) is 6.52. The van der Waals surface area contributed by atoms with Gasteiger partial charge in [0.15, 0.2) is 0 Å². The quantitative estimate of drug-likeness (QED) is 0.873. The summed E-state index contributed by atoms with van der Waals surface area (Å²) in [5.74, 6) is 0. The Kier molecular flexibility index (Phi) is 4.52. The van der Waals surface area contributed by atoms with E-state index >= 15 is 0 Å². The molecule has 0 amide bonds. The normalized spacial score (nSPS) is 24.2. The minimum absolute atomic E-state index is 0.714. The van der Waals surface area contributed by atoms with Gasteiger partial charge in [0.2, 0.25) is 0 Å².